The minimum atomic E-state index is -4.53. The molecule has 1 aromatic carbocycles. The van der Waals surface area contributed by atoms with Gasteiger partial charge in [-0.05, 0) is 49.1 Å². The van der Waals surface area contributed by atoms with Crippen LogP contribution >= 0.6 is 0 Å². The van der Waals surface area contributed by atoms with Crippen molar-refractivity contribution in [1.29, 1.82) is 0 Å². The number of nitrogens with zero attached hydrogens (tertiary/aromatic N) is 4. The molecule has 31 heavy (non-hydrogen) atoms. The summed E-state index contributed by atoms with van der Waals surface area (Å²) in [4.78, 5) is 13.2. The molecule has 3 aromatic rings. The summed E-state index contributed by atoms with van der Waals surface area (Å²) in [5, 5.41) is 0.759. The topological polar surface area (TPSA) is 82.2 Å². The maximum Gasteiger partial charge on any atom is 0.416 e. The normalized spacial score (nSPS) is 20.8. The maximum absolute atomic E-state index is 13.4. The van der Waals surface area contributed by atoms with Gasteiger partial charge in [-0.25, -0.2) is 18.4 Å². The Kier molecular flexibility index (Phi) is 5.42. The third-order valence-corrected chi connectivity index (χ3v) is 7.60. The van der Waals surface area contributed by atoms with E-state index in [1.54, 1.807) is 18.1 Å². The Balaban J connectivity index is 1.71. The van der Waals surface area contributed by atoms with Crippen LogP contribution in [0.15, 0.2) is 47.8 Å². The van der Waals surface area contributed by atoms with Gasteiger partial charge in [0.2, 0.25) is 10.0 Å². The standard InChI is InChI=1S/C20H22F3N5O2S/c1-13-8-10-28(31(29,30)15-5-3-14(4-6-15)20(21,22)23)17(11-13)27(2)19-16-7-9-24-18(16)25-12-26-19/h3-7,9,12-13,17H,8,10-11H2,1-2H3,(H,24,25,26). The summed E-state index contributed by atoms with van der Waals surface area (Å²) in [5.74, 6) is 0.855. The van der Waals surface area contributed by atoms with Gasteiger partial charge in [-0.15, -0.1) is 0 Å². The van der Waals surface area contributed by atoms with Crippen LogP contribution in [0, 0.1) is 5.92 Å². The molecule has 0 spiro atoms. The lowest BCUT2D eigenvalue weighted by Crippen LogP contribution is -2.53. The molecule has 7 nitrogen and oxygen atoms in total. The van der Waals surface area contributed by atoms with Gasteiger partial charge in [-0.3, -0.25) is 0 Å². The Morgan fingerprint density at radius 3 is 2.55 bits per heavy atom. The van der Waals surface area contributed by atoms with E-state index in [-0.39, 0.29) is 17.4 Å². The van der Waals surface area contributed by atoms with Crippen LogP contribution in [0.25, 0.3) is 11.0 Å². The molecule has 2 aromatic heterocycles. The van der Waals surface area contributed by atoms with Gasteiger partial charge in [0.25, 0.3) is 0 Å². The van der Waals surface area contributed by atoms with Gasteiger partial charge in [0.05, 0.1) is 22.0 Å². The summed E-state index contributed by atoms with van der Waals surface area (Å²) < 4.78 is 66.8. The predicted molar refractivity (Wildman–Crippen MR) is 110 cm³/mol. The second kappa shape index (κ2) is 7.79. The smallest absolute Gasteiger partial charge is 0.346 e. The summed E-state index contributed by atoms with van der Waals surface area (Å²) in [6, 6.07) is 5.45. The van der Waals surface area contributed by atoms with Crippen molar-refractivity contribution in [1.82, 2.24) is 19.3 Å². The van der Waals surface area contributed by atoms with E-state index in [2.05, 4.69) is 21.9 Å². The third-order valence-electron chi connectivity index (χ3n) is 5.69. The van der Waals surface area contributed by atoms with Crippen LogP contribution in [-0.4, -0.2) is 47.4 Å². The van der Waals surface area contributed by atoms with Crippen LogP contribution in [0.3, 0.4) is 0 Å². The molecule has 1 fully saturated rings. The molecule has 0 amide bonds. The van der Waals surface area contributed by atoms with E-state index in [9.17, 15) is 21.6 Å². The molecule has 3 heterocycles. The van der Waals surface area contributed by atoms with Crippen molar-refractivity contribution >= 4 is 26.9 Å². The van der Waals surface area contributed by atoms with Crippen LogP contribution in [0.1, 0.15) is 25.3 Å². The highest BCUT2D eigenvalue weighted by Crippen LogP contribution is 2.35. The summed E-state index contributed by atoms with van der Waals surface area (Å²) in [6.45, 7) is 2.32. The average Bonchev–Trinajstić information content (AvgIpc) is 3.21. The van der Waals surface area contributed by atoms with Crippen molar-refractivity contribution in [3.05, 3.63) is 48.4 Å². The Morgan fingerprint density at radius 2 is 1.87 bits per heavy atom. The highest BCUT2D eigenvalue weighted by Gasteiger charge is 2.39. The van der Waals surface area contributed by atoms with Crippen molar-refractivity contribution in [2.24, 2.45) is 5.92 Å². The molecule has 4 rings (SSSR count). The molecule has 0 bridgehead atoms. The first-order valence-corrected chi connectivity index (χ1v) is 11.2. The number of halogens is 3. The van der Waals surface area contributed by atoms with Gasteiger partial charge in [-0.1, -0.05) is 6.92 Å². The van der Waals surface area contributed by atoms with E-state index in [4.69, 9.17) is 0 Å². The number of hydrogen-bond acceptors (Lipinski definition) is 5. The third kappa shape index (κ3) is 3.99. The first kappa shape index (κ1) is 21.6. The number of aromatic nitrogens is 3. The second-order valence-electron chi connectivity index (χ2n) is 7.80. The van der Waals surface area contributed by atoms with Crippen LogP contribution < -0.4 is 4.90 Å². The maximum atomic E-state index is 13.4. The lowest BCUT2D eigenvalue weighted by Gasteiger charge is -2.42. The largest absolute Gasteiger partial charge is 0.416 e. The number of fused-ring (bicyclic) bond motifs is 1. The summed E-state index contributed by atoms with van der Waals surface area (Å²) >= 11 is 0. The molecule has 2 atom stereocenters. The number of nitrogens with one attached hydrogen (secondary N) is 1. The fraction of sp³-hybridized carbons (Fsp3) is 0.400. The quantitative estimate of drug-likeness (QED) is 0.649. The van der Waals surface area contributed by atoms with Crippen molar-refractivity contribution < 1.29 is 21.6 Å². The number of benzene rings is 1. The molecule has 0 aliphatic carbocycles. The minimum absolute atomic E-state index is 0.164. The first-order valence-electron chi connectivity index (χ1n) is 9.79. The Hall–Kier alpha value is -2.66. The number of aromatic amines is 1. The van der Waals surface area contributed by atoms with Gasteiger partial charge in [0.15, 0.2) is 0 Å². The highest BCUT2D eigenvalue weighted by atomic mass is 32.2. The number of sulfonamides is 1. The molecule has 1 aliphatic heterocycles. The van der Waals surface area contributed by atoms with Crippen molar-refractivity contribution in [2.45, 2.75) is 37.0 Å². The summed E-state index contributed by atoms with van der Waals surface area (Å²) in [7, 11) is -2.25. The van der Waals surface area contributed by atoms with Gasteiger partial charge < -0.3 is 9.88 Å². The molecular formula is C20H22F3N5O2S. The summed E-state index contributed by atoms with van der Waals surface area (Å²) in [5.41, 5.74) is -0.249. The van der Waals surface area contributed by atoms with E-state index in [1.807, 2.05) is 6.07 Å². The molecule has 1 aliphatic rings. The zero-order valence-corrected chi connectivity index (χ0v) is 17.8. The Labute approximate surface area is 178 Å². The number of alkyl halides is 3. The van der Waals surface area contributed by atoms with E-state index in [0.29, 0.717) is 24.3 Å². The van der Waals surface area contributed by atoms with Gasteiger partial charge in [0.1, 0.15) is 17.8 Å². The number of rotatable bonds is 4. The summed E-state index contributed by atoms with van der Waals surface area (Å²) in [6.07, 6.45) is -0.702. The van der Waals surface area contributed by atoms with E-state index < -0.39 is 27.9 Å². The average molecular weight is 453 g/mol. The lowest BCUT2D eigenvalue weighted by atomic mass is 9.97. The van der Waals surface area contributed by atoms with Crippen LogP contribution in [0.4, 0.5) is 19.0 Å². The zero-order chi connectivity index (χ0) is 22.4. The minimum Gasteiger partial charge on any atom is -0.346 e. The second-order valence-corrected chi connectivity index (χ2v) is 9.69. The van der Waals surface area contributed by atoms with Gasteiger partial charge >= 0.3 is 6.18 Å². The van der Waals surface area contributed by atoms with Crippen molar-refractivity contribution in [3.8, 4) is 0 Å². The van der Waals surface area contributed by atoms with Crippen molar-refractivity contribution in [2.75, 3.05) is 18.5 Å². The van der Waals surface area contributed by atoms with Gasteiger partial charge in [-0.2, -0.15) is 17.5 Å². The molecule has 0 saturated carbocycles. The first-order chi connectivity index (χ1) is 14.6. The number of piperidine rings is 1. The van der Waals surface area contributed by atoms with Crippen LogP contribution in [0.2, 0.25) is 0 Å². The van der Waals surface area contributed by atoms with Crippen LogP contribution in [-0.2, 0) is 16.2 Å². The molecule has 1 N–H and O–H groups in total. The van der Waals surface area contributed by atoms with E-state index in [1.165, 1.54) is 10.6 Å². The molecule has 11 heteroatoms. The van der Waals surface area contributed by atoms with E-state index in [0.717, 1.165) is 29.7 Å². The zero-order valence-electron chi connectivity index (χ0n) is 17.0. The number of anilines is 1. The highest BCUT2D eigenvalue weighted by molar-refractivity contribution is 7.89. The SMILES string of the molecule is CC1CCN(S(=O)(=O)c2ccc(C(F)(F)F)cc2)C(N(C)c2ncnc3[nH]ccc23)C1. The predicted octanol–water partition coefficient (Wildman–Crippen LogP) is 3.86. The Bertz CT molecular complexity index is 1180. The van der Waals surface area contributed by atoms with Gasteiger partial charge in [0, 0.05) is 19.8 Å². The number of H-pyrrole nitrogens is 1. The lowest BCUT2D eigenvalue weighted by molar-refractivity contribution is -0.137. The van der Waals surface area contributed by atoms with Crippen molar-refractivity contribution in [3.63, 3.8) is 0 Å². The Morgan fingerprint density at radius 1 is 1.16 bits per heavy atom. The molecular weight excluding hydrogens is 431 g/mol. The molecule has 166 valence electrons. The molecule has 0 radical (unpaired) electrons. The molecule has 1 saturated heterocycles. The molecule has 2 unspecified atom stereocenters. The number of hydrogen-bond donors (Lipinski definition) is 1. The fourth-order valence-corrected chi connectivity index (χ4v) is 5.60. The van der Waals surface area contributed by atoms with E-state index >= 15 is 0 Å². The monoisotopic (exact) mass is 453 g/mol. The van der Waals surface area contributed by atoms with Crippen LogP contribution in [0.5, 0.6) is 0 Å². The fourth-order valence-electron chi connectivity index (χ4n) is 3.96.